The summed E-state index contributed by atoms with van der Waals surface area (Å²) in [6, 6.07) is 5.95. The van der Waals surface area contributed by atoms with Crippen LogP contribution in [-0.4, -0.2) is 12.6 Å². The van der Waals surface area contributed by atoms with Crippen molar-refractivity contribution in [1.29, 1.82) is 0 Å². The van der Waals surface area contributed by atoms with E-state index in [2.05, 4.69) is 11.5 Å². The average Bonchev–Trinajstić information content (AvgIpc) is 2.17. The van der Waals surface area contributed by atoms with Gasteiger partial charge in [0.25, 0.3) is 0 Å². The lowest BCUT2D eigenvalue weighted by molar-refractivity contribution is -0.0882. The highest BCUT2D eigenvalue weighted by atomic mass is 35.5. The molecule has 0 amide bonds. The van der Waals surface area contributed by atoms with Gasteiger partial charge in [-0.05, 0) is 37.0 Å². The zero-order valence-corrected chi connectivity index (χ0v) is 9.97. The second-order valence-electron chi connectivity index (χ2n) is 5.08. The minimum Gasteiger partial charge on any atom is -0.497 e. The molecule has 0 unspecified atom stereocenters. The lowest BCUT2D eigenvalue weighted by Crippen LogP contribution is -2.77. The fourth-order valence-corrected chi connectivity index (χ4v) is 3.65. The van der Waals surface area contributed by atoms with Crippen LogP contribution in [-0.2, 0) is 5.41 Å². The third kappa shape index (κ3) is 1.16. The standard InChI is InChI=1S/C12H15ClN2O/c1-16-8-2-3-9(10(13)4-8)11-5-12(6-11,7-11)15-14/h2-4,15H,5-7,14H2,1H3. The van der Waals surface area contributed by atoms with Gasteiger partial charge in [0.05, 0.1) is 7.11 Å². The molecule has 86 valence electrons. The molecular weight excluding hydrogens is 224 g/mol. The van der Waals surface area contributed by atoms with E-state index in [1.807, 2.05) is 12.1 Å². The van der Waals surface area contributed by atoms with Crippen molar-refractivity contribution in [2.24, 2.45) is 5.84 Å². The van der Waals surface area contributed by atoms with Crippen LogP contribution >= 0.6 is 11.6 Å². The fraction of sp³-hybridized carbons (Fsp3) is 0.500. The van der Waals surface area contributed by atoms with Crippen LogP contribution in [0.4, 0.5) is 0 Å². The number of nitrogens with two attached hydrogens (primary N) is 1. The topological polar surface area (TPSA) is 47.3 Å². The fourth-order valence-electron chi connectivity index (χ4n) is 3.28. The monoisotopic (exact) mass is 238 g/mol. The Morgan fingerprint density at radius 1 is 1.38 bits per heavy atom. The molecule has 3 nitrogen and oxygen atoms in total. The van der Waals surface area contributed by atoms with Crippen LogP contribution in [0.3, 0.4) is 0 Å². The van der Waals surface area contributed by atoms with Crippen LogP contribution in [0.5, 0.6) is 5.75 Å². The molecule has 0 heterocycles. The number of benzene rings is 1. The Morgan fingerprint density at radius 3 is 2.56 bits per heavy atom. The van der Waals surface area contributed by atoms with Crippen molar-refractivity contribution in [3.05, 3.63) is 28.8 Å². The Bertz CT molecular complexity index is 427. The van der Waals surface area contributed by atoms with Gasteiger partial charge in [0.1, 0.15) is 5.75 Å². The zero-order chi connectivity index (χ0) is 11.4. The normalized spacial score (nSPS) is 35.2. The number of hydrazine groups is 1. The van der Waals surface area contributed by atoms with Gasteiger partial charge in [-0.2, -0.15) is 0 Å². The maximum atomic E-state index is 6.29. The molecule has 0 aliphatic heterocycles. The van der Waals surface area contributed by atoms with E-state index in [4.69, 9.17) is 22.2 Å². The number of hydrogen-bond donors (Lipinski definition) is 2. The molecule has 3 aliphatic rings. The number of ether oxygens (including phenoxy) is 1. The minimum atomic E-state index is 0.198. The van der Waals surface area contributed by atoms with E-state index in [1.54, 1.807) is 7.11 Å². The van der Waals surface area contributed by atoms with Crippen LogP contribution in [0, 0.1) is 0 Å². The summed E-state index contributed by atoms with van der Waals surface area (Å²) >= 11 is 6.29. The molecule has 0 spiro atoms. The van der Waals surface area contributed by atoms with Gasteiger partial charge in [0.15, 0.2) is 0 Å². The van der Waals surface area contributed by atoms with Crippen molar-refractivity contribution in [2.75, 3.05) is 7.11 Å². The SMILES string of the molecule is COc1ccc(C23CC(NN)(C2)C3)c(Cl)c1. The van der Waals surface area contributed by atoms with E-state index in [1.165, 1.54) is 5.56 Å². The van der Waals surface area contributed by atoms with Crippen molar-refractivity contribution < 1.29 is 4.74 Å². The average molecular weight is 239 g/mol. The molecule has 0 aromatic heterocycles. The second kappa shape index (κ2) is 3.13. The van der Waals surface area contributed by atoms with Crippen molar-refractivity contribution in [3.63, 3.8) is 0 Å². The molecule has 0 saturated heterocycles. The van der Waals surface area contributed by atoms with Crippen LogP contribution in [0.15, 0.2) is 18.2 Å². The molecule has 3 aliphatic carbocycles. The molecule has 4 heteroatoms. The Morgan fingerprint density at radius 2 is 2.06 bits per heavy atom. The highest BCUT2D eigenvalue weighted by Crippen LogP contribution is 2.68. The van der Waals surface area contributed by atoms with Gasteiger partial charge in [0.2, 0.25) is 0 Å². The van der Waals surface area contributed by atoms with Crippen LogP contribution in [0.2, 0.25) is 5.02 Å². The summed E-state index contributed by atoms with van der Waals surface area (Å²) in [7, 11) is 1.65. The van der Waals surface area contributed by atoms with Crippen molar-refractivity contribution in [1.82, 2.24) is 5.43 Å². The van der Waals surface area contributed by atoms with Crippen molar-refractivity contribution in [2.45, 2.75) is 30.2 Å². The summed E-state index contributed by atoms with van der Waals surface area (Å²) in [5.74, 6) is 6.34. The molecule has 3 N–H and O–H groups in total. The Hall–Kier alpha value is -0.770. The lowest BCUT2D eigenvalue weighted by atomic mass is 9.37. The van der Waals surface area contributed by atoms with Gasteiger partial charge in [-0.3, -0.25) is 11.3 Å². The lowest BCUT2D eigenvalue weighted by Gasteiger charge is -2.70. The first-order valence-electron chi connectivity index (χ1n) is 5.45. The number of hydrogen-bond acceptors (Lipinski definition) is 3. The Kier molecular flexibility index (Phi) is 2.03. The molecule has 16 heavy (non-hydrogen) atoms. The minimum absolute atomic E-state index is 0.198. The van der Waals surface area contributed by atoms with Crippen LogP contribution in [0.1, 0.15) is 24.8 Å². The maximum Gasteiger partial charge on any atom is 0.120 e. The third-order valence-electron chi connectivity index (χ3n) is 4.08. The second-order valence-corrected chi connectivity index (χ2v) is 5.49. The first-order chi connectivity index (χ1) is 7.63. The van der Waals surface area contributed by atoms with E-state index in [9.17, 15) is 0 Å². The number of halogens is 1. The molecule has 2 bridgehead atoms. The smallest absolute Gasteiger partial charge is 0.120 e. The summed E-state index contributed by atoms with van der Waals surface area (Å²) in [5, 5.41) is 0.810. The van der Waals surface area contributed by atoms with Gasteiger partial charge < -0.3 is 4.74 Å². The maximum absolute atomic E-state index is 6.29. The van der Waals surface area contributed by atoms with E-state index in [-0.39, 0.29) is 11.0 Å². The Labute approximate surface area is 99.9 Å². The van der Waals surface area contributed by atoms with Crippen molar-refractivity contribution in [3.8, 4) is 5.75 Å². The van der Waals surface area contributed by atoms with Gasteiger partial charge in [-0.15, -0.1) is 0 Å². The number of methoxy groups -OCH3 is 1. The third-order valence-corrected chi connectivity index (χ3v) is 4.40. The largest absolute Gasteiger partial charge is 0.497 e. The Balaban J connectivity index is 1.87. The molecule has 3 saturated carbocycles. The van der Waals surface area contributed by atoms with Gasteiger partial charge in [0, 0.05) is 16.0 Å². The van der Waals surface area contributed by atoms with E-state index >= 15 is 0 Å². The molecule has 1 aromatic carbocycles. The van der Waals surface area contributed by atoms with Crippen molar-refractivity contribution >= 4 is 11.6 Å². The quantitative estimate of drug-likeness (QED) is 0.626. The van der Waals surface area contributed by atoms with E-state index < -0.39 is 0 Å². The van der Waals surface area contributed by atoms with E-state index in [0.717, 1.165) is 30.0 Å². The predicted molar refractivity (Wildman–Crippen MR) is 63.6 cm³/mol. The molecule has 3 fully saturated rings. The highest BCUT2D eigenvalue weighted by molar-refractivity contribution is 6.31. The van der Waals surface area contributed by atoms with Gasteiger partial charge in [-0.25, -0.2) is 0 Å². The summed E-state index contributed by atoms with van der Waals surface area (Å²) in [4.78, 5) is 0. The first kappa shape index (κ1) is 10.4. The molecular formula is C12H15ClN2O. The summed E-state index contributed by atoms with van der Waals surface area (Å²) in [5.41, 5.74) is 4.63. The predicted octanol–water partition coefficient (Wildman–Crippen LogP) is 1.99. The molecule has 4 rings (SSSR count). The summed E-state index contributed by atoms with van der Waals surface area (Å²) in [6.45, 7) is 0. The van der Waals surface area contributed by atoms with Gasteiger partial charge >= 0.3 is 0 Å². The van der Waals surface area contributed by atoms with Gasteiger partial charge in [-0.1, -0.05) is 17.7 Å². The summed E-state index contributed by atoms with van der Waals surface area (Å²) < 4.78 is 5.15. The highest BCUT2D eigenvalue weighted by Gasteiger charge is 2.68. The van der Waals surface area contributed by atoms with Crippen LogP contribution in [0.25, 0.3) is 0 Å². The summed E-state index contributed by atoms with van der Waals surface area (Å²) in [6.07, 6.45) is 3.30. The first-order valence-corrected chi connectivity index (χ1v) is 5.83. The number of rotatable bonds is 3. The van der Waals surface area contributed by atoms with Crippen LogP contribution < -0.4 is 16.0 Å². The molecule has 0 atom stereocenters. The molecule has 1 aromatic rings. The van der Waals surface area contributed by atoms with E-state index in [0.29, 0.717) is 0 Å². The molecule has 0 radical (unpaired) electrons. The zero-order valence-electron chi connectivity index (χ0n) is 9.22. The number of nitrogens with one attached hydrogen (secondary N) is 1.